The summed E-state index contributed by atoms with van der Waals surface area (Å²) >= 11 is 0. The molecule has 1 aromatic carbocycles. The van der Waals surface area contributed by atoms with E-state index in [0.717, 1.165) is 25.2 Å². The number of nitrogens with zero attached hydrogens (tertiary/aromatic N) is 2. The van der Waals surface area contributed by atoms with Gasteiger partial charge in [-0.3, -0.25) is 15.0 Å². The quantitative estimate of drug-likeness (QED) is 0.635. The molecule has 1 aliphatic heterocycles. The van der Waals surface area contributed by atoms with Crippen molar-refractivity contribution >= 4 is 11.9 Å². The SMILES string of the molecule is CCOC(=NCCN1CCOCC1)NC(=O)c1cccc(C(F)(F)F)c1. The number of nitrogens with one attached hydrogen (secondary N) is 1. The van der Waals surface area contributed by atoms with Gasteiger partial charge in [0.1, 0.15) is 0 Å². The van der Waals surface area contributed by atoms with Crippen molar-refractivity contribution in [2.24, 2.45) is 4.99 Å². The van der Waals surface area contributed by atoms with E-state index >= 15 is 0 Å². The topological polar surface area (TPSA) is 63.2 Å². The van der Waals surface area contributed by atoms with Gasteiger partial charge in [-0.15, -0.1) is 0 Å². The number of amides is 1. The van der Waals surface area contributed by atoms with E-state index in [0.29, 0.717) is 26.3 Å². The van der Waals surface area contributed by atoms with Gasteiger partial charge in [-0.2, -0.15) is 13.2 Å². The van der Waals surface area contributed by atoms with Crippen LogP contribution in [0.25, 0.3) is 0 Å². The van der Waals surface area contributed by atoms with Crippen LogP contribution >= 0.6 is 0 Å². The number of rotatable bonds is 5. The number of ether oxygens (including phenoxy) is 2. The molecule has 1 N–H and O–H groups in total. The predicted octanol–water partition coefficient (Wildman–Crippen LogP) is 2.16. The minimum atomic E-state index is -4.51. The van der Waals surface area contributed by atoms with Crippen LogP contribution in [0.15, 0.2) is 29.3 Å². The Bertz CT molecular complexity index is 629. The first-order chi connectivity index (χ1) is 12.4. The van der Waals surface area contributed by atoms with Crippen LogP contribution in [0.5, 0.6) is 0 Å². The van der Waals surface area contributed by atoms with Gasteiger partial charge in [-0.25, -0.2) is 4.99 Å². The molecule has 6 nitrogen and oxygen atoms in total. The van der Waals surface area contributed by atoms with Gasteiger partial charge in [0.25, 0.3) is 11.9 Å². The minimum absolute atomic E-state index is 0.00294. The maximum atomic E-state index is 12.8. The summed E-state index contributed by atoms with van der Waals surface area (Å²) in [5.74, 6) is -0.699. The molecule has 1 amide bonds. The number of amidine groups is 1. The third kappa shape index (κ3) is 6.30. The van der Waals surface area contributed by atoms with E-state index in [-0.39, 0.29) is 18.2 Å². The molecular weight excluding hydrogens is 351 g/mol. The second-order valence-corrected chi connectivity index (χ2v) is 5.61. The van der Waals surface area contributed by atoms with E-state index in [9.17, 15) is 18.0 Å². The maximum absolute atomic E-state index is 12.8. The Morgan fingerprint density at radius 3 is 2.73 bits per heavy atom. The Morgan fingerprint density at radius 1 is 1.35 bits per heavy atom. The van der Waals surface area contributed by atoms with E-state index in [4.69, 9.17) is 9.47 Å². The smallest absolute Gasteiger partial charge is 0.416 e. The van der Waals surface area contributed by atoms with Crippen LogP contribution in [-0.2, 0) is 15.7 Å². The van der Waals surface area contributed by atoms with Crippen molar-refractivity contribution in [1.82, 2.24) is 10.2 Å². The van der Waals surface area contributed by atoms with Crippen LogP contribution in [0.2, 0.25) is 0 Å². The average molecular weight is 373 g/mol. The first-order valence-electron chi connectivity index (χ1n) is 8.36. The first kappa shape index (κ1) is 20.2. The number of aliphatic imine (C=N–C) groups is 1. The number of carbonyl (C=O) groups is 1. The fraction of sp³-hybridized carbons (Fsp3) is 0.529. The molecule has 0 atom stereocenters. The number of hydrogen-bond acceptors (Lipinski definition) is 5. The molecule has 1 aromatic rings. The highest BCUT2D eigenvalue weighted by atomic mass is 19.4. The van der Waals surface area contributed by atoms with Crippen LogP contribution in [0.1, 0.15) is 22.8 Å². The molecule has 1 fully saturated rings. The fourth-order valence-electron chi connectivity index (χ4n) is 2.38. The van der Waals surface area contributed by atoms with Crippen molar-refractivity contribution in [2.45, 2.75) is 13.1 Å². The third-order valence-electron chi connectivity index (χ3n) is 3.73. The molecule has 0 aliphatic carbocycles. The largest absolute Gasteiger partial charge is 0.465 e. The van der Waals surface area contributed by atoms with Crippen LogP contribution < -0.4 is 5.32 Å². The zero-order valence-electron chi connectivity index (χ0n) is 14.5. The van der Waals surface area contributed by atoms with Gasteiger partial charge in [-0.1, -0.05) is 6.07 Å². The molecule has 0 spiro atoms. The monoisotopic (exact) mass is 373 g/mol. The summed E-state index contributed by atoms with van der Waals surface area (Å²) in [5, 5.41) is 2.43. The first-order valence-corrected chi connectivity index (χ1v) is 8.36. The number of morpholine rings is 1. The lowest BCUT2D eigenvalue weighted by molar-refractivity contribution is -0.137. The number of hydrogen-bond donors (Lipinski definition) is 1. The number of alkyl halides is 3. The highest BCUT2D eigenvalue weighted by molar-refractivity contribution is 6.04. The summed E-state index contributed by atoms with van der Waals surface area (Å²) in [6, 6.07) is 4.21. The van der Waals surface area contributed by atoms with Crippen molar-refractivity contribution in [1.29, 1.82) is 0 Å². The zero-order valence-corrected chi connectivity index (χ0v) is 14.5. The predicted molar refractivity (Wildman–Crippen MR) is 90.1 cm³/mol. The molecular formula is C17H22F3N3O3. The van der Waals surface area contributed by atoms with Gasteiger partial charge in [0.05, 0.1) is 31.9 Å². The Hall–Kier alpha value is -2.13. The van der Waals surface area contributed by atoms with Crippen LogP contribution in [0, 0.1) is 0 Å². The summed E-state index contributed by atoms with van der Waals surface area (Å²) in [7, 11) is 0. The lowest BCUT2D eigenvalue weighted by atomic mass is 10.1. The Labute approximate surface area is 150 Å². The Kier molecular flexibility index (Phi) is 7.40. The highest BCUT2D eigenvalue weighted by Gasteiger charge is 2.31. The fourth-order valence-corrected chi connectivity index (χ4v) is 2.38. The van der Waals surface area contributed by atoms with Gasteiger partial charge < -0.3 is 9.47 Å². The van der Waals surface area contributed by atoms with E-state index in [1.54, 1.807) is 6.92 Å². The van der Waals surface area contributed by atoms with Crippen molar-refractivity contribution in [2.75, 3.05) is 46.0 Å². The molecule has 0 aromatic heterocycles. The van der Waals surface area contributed by atoms with Crippen LogP contribution in [0.4, 0.5) is 13.2 Å². The van der Waals surface area contributed by atoms with E-state index in [1.807, 2.05) is 0 Å². The number of carbonyl (C=O) groups excluding carboxylic acids is 1. The molecule has 0 saturated carbocycles. The molecule has 0 bridgehead atoms. The van der Waals surface area contributed by atoms with Gasteiger partial charge in [-0.05, 0) is 25.1 Å². The molecule has 144 valence electrons. The van der Waals surface area contributed by atoms with Crippen LogP contribution in [0.3, 0.4) is 0 Å². The van der Waals surface area contributed by atoms with Crippen LogP contribution in [-0.4, -0.2) is 62.8 Å². The van der Waals surface area contributed by atoms with Crippen molar-refractivity contribution in [3.63, 3.8) is 0 Å². The van der Waals surface area contributed by atoms with E-state index < -0.39 is 17.6 Å². The highest BCUT2D eigenvalue weighted by Crippen LogP contribution is 2.29. The van der Waals surface area contributed by atoms with Crippen molar-refractivity contribution in [3.8, 4) is 0 Å². The zero-order chi connectivity index (χ0) is 19.0. The summed E-state index contributed by atoms with van der Waals surface area (Å²) in [5.41, 5.74) is -0.993. The Balaban J connectivity index is 1.97. The summed E-state index contributed by atoms with van der Waals surface area (Å²) in [6.45, 7) is 6.07. The molecule has 2 rings (SSSR count). The average Bonchev–Trinajstić information content (AvgIpc) is 2.62. The van der Waals surface area contributed by atoms with Crippen molar-refractivity contribution < 1.29 is 27.4 Å². The minimum Gasteiger partial charge on any atom is -0.465 e. The lowest BCUT2D eigenvalue weighted by Gasteiger charge is -2.25. The van der Waals surface area contributed by atoms with Gasteiger partial charge >= 0.3 is 6.18 Å². The summed E-state index contributed by atoms with van der Waals surface area (Å²) < 4.78 is 48.8. The maximum Gasteiger partial charge on any atom is 0.416 e. The van der Waals surface area contributed by atoms with Gasteiger partial charge in [0, 0.05) is 25.2 Å². The van der Waals surface area contributed by atoms with Gasteiger partial charge in [0.2, 0.25) is 0 Å². The second kappa shape index (κ2) is 9.54. The van der Waals surface area contributed by atoms with E-state index in [1.165, 1.54) is 12.1 Å². The summed E-state index contributed by atoms with van der Waals surface area (Å²) in [4.78, 5) is 18.6. The van der Waals surface area contributed by atoms with Crippen molar-refractivity contribution in [3.05, 3.63) is 35.4 Å². The standard InChI is InChI=1S/C17H22F3N3O3/c1-2-26-16(21-6-7-23-8-10-25-11-9-23)22-15(24)13-4-3-5-14(12-13)17(18,19)20/h3-5,12H,2,6-11H2,1H3,(H,21,22,24). The molecule has 0 unspecified atom stereocenters. The molecule has 26 heavy (non-hydrogen) atoms. The number of benzene rings is 1. The second-order valence-electron chi connectivity index (χ2n) is 5.61. The van der Waals surface area contributed by atoms with E-state index in [2.05, 4.69) is 15.2 Å². The summed E-state index contributed by atoms with van der Waals surface area (Å²) in [6.07, 6.45) is -4.51. The lowest BCUT2D eigenvalue weighted by Crippen LogP contribution is -2.38. The molecule has 1 heterocycles. The third-order valence-corrected chi connectivity index (χ3v) is 3.73. The Morgan fingerprint density at radius 2 is 2.08 bits per heavy atom. The number of halogens is 3. The molecule has 1 saturated heterocycles. The molecule has 9 heteroatoms. The van der Waals surface area contributed by atoms with Gasteiger partial charge in [0.15, 0.2) is 0 Å². The molecule has 1 aliphatic rings. The molecule has 0 radical (unpaired) electrons. The normalized spacial score (nSPS) is 16.4.